The molecule has 0 fully saturated rings. The van der Waals surface area contributed by atoms with Crippen LogP contribution in [0.1, 0.15) is 12.5 Å². The minimum Gasteiger partial charge on any atom is -0.324 e. The highest BCUT2D eigenvalue weighted by Gasteiger charge is 2.06. The smallest absolute Gasteiger partial charge is 0.0595 e. The molecule has 1 unspecified atom stereocenters. The lowest BCUT2D eigenvalue weighted by molar-refractivity contribution is 0.767. The van der Waals surface area contributed by atoms with Gasteiger partial charge in [0.2, 0.25) is 0 Å². The Morgan fingerprint density at radius 1 is 1.43 bits per heavy atom. The van der Waals surface area contributed by atoms with E-state index in [2.05, 4.69) is 6.58 Å². The molecule has 0 bridgehead atoms. The molecular formula is C11H13Cl2N. The van der Waals surface area contributed by atoms with Crippen molar-refractivity contribution in [2.75, 3.05) is 0 Å². The van der Waals surface area contributed by atoms with Crippen molar-refractivity contribution in [2.24, 2.45) is 5.73 Å². The Bertz CT molecular complexity index is 347. The van der Waals surface area contributed by atoms with Gasteiger partial charge in [0.25, 0.3) is 0 Å². The van der Waals surface area contributed by atoms with Gasteiger partial charge in [-0.05, 0) is 31.0 Å². The second-order valence-electron chi connectivity index (χ2n) is 3.41. The topological polar surface area (TPSA) is 26.0 Å². The van der Waals surface area contributed by atoms with Crippen LogP contribution >= 0.6 is 23.2 Å². The van der Waals surface area contributed by atoms with Crippen molar-refractivity contribution in [1.82, 2.24) is 0 Å². The Morgan fingerprint density at radius 3 is 2.57 bits per heavy atom. The van der Waals surface area contributed by atoms with Gasteiger partial charge in [0.1, 0.15) is 0 Å². The lowest BCUT2D eigenvalue weighted by Crippen LogP contribution is -2.23. The predicted octanol–water partition coefficient (Wildman–Crippen LogP) is 3.44. The van der Waals surface area contributed by atoms with Gasteiger partial charge in [0.15, 0.2) is 0 Å². The molecule has 1 aromatic carbocycles. The van der Waals surface area contributed by atoms with Gasteiger partial charge in [-0.2, -0.15) is 0 Å². The molecule has 0 saturated heterocycles. The monoisotopic (exact) mass is 229 g/mol. The zero-order chi connectivity index (χ0) is 10.7. The molecule has 14 heavy (non-hydrogen) atoms. The van der Waals surface area contributed by atoms with Crippen molar-refractivity contribution in [1.29, 1.82) is 0 Å². The zero-order valence-corrected chi connectivity index (χ0v) is 9.57. The quantitative estimate of drug-likeness (QED) is 0.791. The molecule has 0 aliphatic carbocycles. The lowest BCUT2D eigenvalue weighted by Gasteiger charge is -2.11. The number of nitrogens with two attached hydrogens (primary N) is 1. The fourth-order valence-corrected chi connectivity index (χ4v) is 1.42. The van der Waals surface area contributed by atoms with E-state index in [1.54, 1.807) is 6.07 Å². The van der Waals surface area contributed by atoms with Gasteiger partial charge in [0, 0.05) is 6.04 Å². The molecular weight excluding hydrogens is 217 g/mol. The molecule has 1 nitrogen and oxygen atoms in total. The highest BCUT2D eigenvalue weighted by Crippen LogP contribution is 2.23. The maximum atomic E-state index is 5.88. The minimum atomic E-state index is -0.0211. The maximum Gasteiger partial charge on any atom is 0.0595 e. The van der Waals surface area contributed by atoms with Gasteiger partial charge >= 0.3 is 0 Å². The second-order valence-corrected chi connectivity index (χ2v) is 4.22. The van der Waals surface area contributed by atoms with Gasteiger partial charge in [-0.15, -0.1) is 0 Å². The van der Waals surface area contributed by atoms with Gasteiger partial charge in [0.05, 0.1) is 10.0 Å². The van der Waals surface area contributed by atoms with Crippen LogP contribution in [0, 0.1) is 0 Å². The van der Waals surface area contributed by atoms with Crippen LogP contribution < -0.4 is 5.73 Å². The van der Waals surface area contributed by atoms with Crippen LogP contribution in [0.2, 0.25) is 10.0 Å². The third-order valence-corrected chi connectivity index (χ3v) is 2.81. The second kappa shape index (κ2) is 4.83. The summed E-state index contributed by atoms with van der Waals surface area (Å²) >= 11 is 11.7. The molecule has 0 spiro atoms. The lowest BCUT2D eigenvalue weighted by atomic mass is 10.0. The fourth-order valence-electron chi connectivity index (χ4n) is 1.09. The Morgan fingerprint density at radius 2 is 2.07 bits per heavy atom. The SMILES string of the molecule is C=C(C)C(N)Cc1ccc(Cl)c(Cl)c1. The van der Waals surface area contributed by atoms with Crippen LogP contribution in [0.4, 0.5) is 0 Å². The van der Waals surface area contributed by atoms with Gasteiger partial charge in [-0.25, -0.2) is 0 Å². The van der Waals surface area contributed by atoms with Crippen molar-refractivity contribution in [3.05, 3.63) is 46.0 Å². The van der Waals surface area contributed by atoms with Gasteiger partial charge in [-0.1, -0.05) is 41.4 Å². The van der Waals surface area contributed by atoms with E-state index in [0.29, 0.717) is 10.0 Å². The summed E-state index contributed by atoms with van der Waals surface area (Å²) in [6.07, 6.45) is 0.742. The molecule has 0 amide bonds. The standard InChI is InChI=1S/C11H13Cl2N/c1-7(2)11(14)6-8-3-4-9(12)10(13)5-8/h3-5,11H,1,6,14H2,2H3. The van der Waals surface area contributed by atoms with Crippen LogP contribution in [0.5, 0.6) is 0 Å². The molecule has 0 radical (unpaired) electrons. The number of hydrogen-bond acceptors (Lipinski definition) is 1. The highest BCUT2D eigenvalue weighted by molar-refractivity contribution is 6.42. The molecule has 2 N–H and O–H groups in total. The Labute approximate surface area is 94.5 Å². The summed E-state index contributed by atoms with van der Waals surface area (Å²) in [6, 6.07) is 5.53. The van der Waals surface area contributed by atoms with E-state index in [-0.39, 0.29) is 6.04 Å². The van der Waals surface area contributed by atoms with E-state index in [0.717, 1.165) is 17.6 Å². The first-order valence-corrected chi connectivity index (χ1v) is 5.11. The summed E-state index contributed by atoms with van der Waals surface area (Å²) in [4.78, 5) is 0. The normalized spacial score (nSPS) is 12.6. The molecule has 0 aliphatic rings. The summed E-state index contributed by atoms with van der Waals surface area (Å²) in [6.45, 7) is 5.73. The molecule has 0 saturated carbocycles. The highest BCUT2D eigenvalue weighted by atomic mass is 35.5. The summed E-state index contributed by atoms with van der Waals surface area (Å²) in [5.41, 5.74) is 7.91. The van der Waals surface area contributed by atoms with Crippen LogP contribution in [0.15, 0.2) is 30.4 Å². The molecule has 0 aliphatic heterocycles. The summed E-state index contributed by atoms with van der Waals surface area (Å²) in [7, 11) is 0. The molecule has 3 heteroatoms. The van der Waals surface area contributed by atoms with Crippen LogP contribution in [0.25, 0.3) is 0 Å². The van der Waals surface area contributed by atoms with E-state index in [9.17, 15) is 0 Å². The number of rotatable bonds is 3. The molecule has 1 atom stereocenters. The molecule has 0 aromatic heterocycles. The van der Waals surface area contributed by atoms with Crippen LogP contribution in [-0.4, -0.2) is 6.04 Å². The molecule has 1 aromatic rings. The van der Waals surface area contributed by atoms with Crippen molar-refractivity contribution < 1.29 is 0 Å². The van der Waals surface area contributed by atoms with E-state index in [4.69, 9.17) is 28.9 Å². The first kappa shape index (κ1) is 11.6. The summed E-state index contributed by atoms with van der Waals surface area (Å²) in [5, 5.41) is 1.14. The molecule has 1 rings (SSSR count). The Balaban J connectivity index is 2.78. The van der Waals surface area contributed by atoms with E-state index < -0.39 is 0 Å². The van der Waals surface area contributed by atoms with Gasteiger partial charge < -0.3 is 5.73 Å². The third-order valence-electron chi connectivity index (χ3n) is 2.07. The molecule has 76 valence electrons. The minimum absolute atomic E-state index is 0.0211. The van der Waals surface area contributed by atoms with E-state index in [1.165, 1.54) is 0 Å². The van der Waals surface area contributed by atoms with Crippen LogP contribution in [0.3, 0.4) is 0 Å². The van der Waals surface area contributed by atoms with Crippen molar-refractivity contribution >= 4 is 23.2 Å². The van der Waals surface area contributed by atoms with Gasteiger partial charge in [-0.3, -0.25) is 0 Å². The van der Waals surface area contributed by atoms with E-state index in [1.807, 2.05) is 19.1 Å². The zero-order valence-electron chi connectivity index (χ0n) is 8.06. The maximum absolute atomic E-state index is 5.88. The number of benzene rings is 1. The van der Waals surface area contributed by atoms with E-state index >= 15 is 0 Å². The fraction of sp³-hybridized carbons (Fsp3) is 0.273. The number of hydrogen-bond donors (Lipinski definition) is 1. The Hall–Kier alpha value is -0.500. The average Bonchev–Trinajstić information content (AvgIpc) is 2.11. The molecule has 0 heterocycles. The average molecular weight is 230 g/mol. The largest absolute Gasteiger partial charge is 0.324 e. The summed E-state index contributed by atoms with van der Waals surface area (Å²) < 4.78 is 0. The van der Waals surface area contributed by atoms with Crippen molar-refractivity contribution in [2.45, 2.75) is 19.4 Å². The number of halogens is 2. The van der Waals surface area contributed by atoms with Crippen molar-refractivity contribution in [3.63, 3.8) is 0 Å². The third kappa shape index (κ3) is 3.02. The first-order valence-electron chi connectivity index (χ1n) is 4.35. The Kier molecular flexibility index (Phi) is 3.99. The first-order chi connectivity index (χ1) is 6.50. The predicted molar refractivity (Wildman–Crippen MR) is 63.0 cm³/mol. The van der Waals surface area contributed by atoms with Crippen molar-refractivity contribution in [3.8, 4) is 0 Å². The van der Waals surface area contributed by atoms with Crippen LogP contribution in [-0.2, 0) is 6.42 Å². The summed E-state index contributed by atoms with van der Waals surface area (Å²) in [5.74, 6) is 0.